The molecule has 1 aromatic carbocycles. The summed E-state index contributed by atoms with van der Waals surface area (Å²) in [7, 11) is 0. The molecule has 20 heavy (non-hydrogen) atoms. The average Bonchev–Trinajstić information content (AvgIpc) is 2.79. The van der Waals surface area contributed by atoms with Gasteiger partial charge in [0.15, 0.2) is 0 Å². The number of carboxylic acids is 1. The second-order valence-corrected chi connectivity index (χ2v) is 5.86. The molecule has 0 aliphatic heterocycles. The monoisotopic (exact) mass is 358 g/mol. The summed E-state index contributed by atoms with van der Waals surface area (Å²) in [4.78, 5) is 10.6. The number of rotatable bonds is 5. The van der Waals surface area contributed by atoms with E-state index in [0.717, 1.165) is 4.47 Å². The first-order valence-electron chi connectivity index (χ1n) is 5.95. The summed E-state index contributed by atoms with van der Waals surface area (Å²) in [5.41, 5.74) is 0.644. The Morgan fingerprint density at radius 3 is 2.95 bits per heavy atom. The molecule has 1 unspecified atom stereocenters. The Kier molecular flexibility index (Phi) is 4.77. The van der Waals surface area contributed by atoms with Crippen LogP contribution in [0.3, 0.4) is 0 Å². The molecule has 0 bridgehead atoms. The first-order chi connectivity index (χ1) is 9.45. The van der Waals surface area contributed by atoms with E-state index >= 15 is 0 Å². The summed E-state index contributed by atoms with van der Waals surface area (Å²) in [6.07, 6.45) is 0.486. The summed E-state index contributed by atoms with van der Waals surface area (Å²) < 4.78 is 6.39. The lowest BCUT2D eigenvalue weighted by Gasteiger charge is -2.03. The van der Waals surface area contributed by atoms with Gasteiger partial charge in [-0.3, -0.25) is 4.79 Å². The molecule has 1 aromatic heterocycles. The van der Waals surface area contributed by atoms with Crippen LogP contribution in [-0.2, 0) is 11.2 Å². The molecule has 0 aliphatic rings. The number of halogens is 2. The molecule has 2 rings (SSSR count). The molecule has 0 fully saturated rings. The number of carboxylic acid groups (broad SMARTS) is 1. The Balaban J connectivity index is 2.16. The third-order valence-corrected chi connectivity index (χ3v) is 3.49. The van der Waals surface area contributed by atoms with Gasteiger partial charge in [-0.15, -0.1) is 10.2 Å². The molecule has 0 saturated carbocycles. The fourth-order valence-electron chi connectivity index (χ4n) is 1.77. The highest BCUT2D eigenvalue weighted by Gasteiger charge is 2.16. The van der Waals surface area contributed by atoms with Gasteiger partial charge in [-0.2, -0.15) is 0 Å². The van der Waals surface area contributed by atoms with E-state index in [-0.39, 0.29) is 12.3 Å². The molecule has 1 heterocycles. The van der Waals surface area contributed by atoms with Crippen molar-refractivity contribution in [3.8, 4) is 11.5 Å². The van der Waals surface area contributed by atoms with Gasteiger partial charge in [0.1, 0.15) is 0 Å². The molecular formula is C13H12BrClN2O3. The number of hydrogen-bond donors (Lipinski definition) is 1. The minimum Gasteiger partial charge on any atom is -0.481 e. The van der Waals surface area contributed by atoms with Gasteiger partial charge in [-0.25, -0.2) is 0 Å². The molecule has 0 saturated heterocycles. The quantitative estimate of drug-likeness (QED) is 0.878. The highest BCUT2D eigenvalue weighted by molar-refractivity contribution is 9.10. The van der Waals surface area contributed by atoms with Crippen molar-refractivity contribution in [3.05, 3.63) is 33.6 Å². The number of carbonyl (C=O) groups is 1. The van der Waals surface area contributed by atoms with Crippen LogP contribution >= 0.6 is 27.5 Å². The first kappa shape index (κ1) is 15.0. The van der Waals surface area contributed by atoms with Crippen molar-refractivity contribution in [1.29, 1.82) is 0 Å². The van der Waals surface area contributed by atoms with E-state index in [1.807, 2.05) is 13.0 Å². The van der Waals surface area contributed by atoms with Crippen molar-refractivity contribution in [3.63, 3.8) is 0 Å². The van der Waals surface area contributed by atoms with E-state index in [2.05, 4.69) is 26.1 Å². The van der Waals surface area contributed by atoms with Crippen LogP contribution in [0.1, 0.15) is 19.2 Å². The summed E-state index contributed by atoms with van der Waals surface area (Å²) in [5.74, 6) is -0.176. The summed E-state index contributed by atoms with van der Waals surface area (Å²) in [6, 6.07) is 5.34. The Morgan fingerprint density at radius 1 is 1.50 bits per heavy atom. The minimum absolute atomic E-state index is 0.0648. The topological polar surface area (TPSA) is 76.2 Å². The fraction of sp³-hybridized carbons (Fsp3) is 0.308. The van der Waals surface area contributed by atoms with Crippen molar-refractivity contribution < 1.29 is 14.3 Å². The zero-order valence-electron chi connectivity index (χ0n) is 10.6. The Morgan fingerprint density at radius 2 is 2.25 bits per heavy atom. The molecule has 0 aliphatic carbocycles. The van der Waals surface area contributed by atoms with Crippen LogP contribution in [-0.4, -0.2) is 21.3 Å². The molecule has 1 N–H and O–H groups in total. The van der Waals surface area contributed by atoms with Crippen LogP contribution in [0.5, 0.6) is 0 Å². The smallest absolute Gasteiger partial charge is 0.303 e. The van der Waals surface area contributed by atoms with Gasteiger partial charge in [-0.1, -0.05) is 34.5 Å². The summed E-state index contributed by atoms with van der Waals surface area (Å²) >= 11 is 9.44. The maximum absolute atomic E-state index is 10.6. The second-order valence-electron chi connectivity index (χ2n) is 4.53. The van der Waals surface area contributed by atoms with Crippen molar-refractivity contribution >= 4 is 33.5 Å². The lowest BCUT2D eigenvalue weighted by Crippen LogP contribution is -2.07. The normalized spacial score (nSPS) is 12.3. The van der Waals surface area contributed by atoms with Crippen LogP contribution in [0.4, 0.5) is 0 Å². The largest absolute Gasteiger partial charge is 0.481 e. The van der Waals surface area contributed by atoms with Crippen LogP contribution < -0.4 is 0 Å². The fourth-order valence-corrected chi connectivity index (χ4v) is 2.33. The minimum atomic E-state index is -0.840. The van der Waals surface area contributed by atoms with Crippen LogP contribution in [0, 0.1) is 5.92 Å². The SMILES string of the molecule is CC(CC(=O)O)Cc1nnc(-c2cc(Br)ccc2Cl)o1. The van der Waals surface area contributed by atoms with E-state index in [9.17, 15) is 4.79 Å². The van der Waals surface area contributed by atoms with Crippen LogP contribution in [0.2, 0.25) is 5.02 Å². The lowest BCUT2D eigenvalue weighted by atomic mass is 10.0. The van der Waals surface area contributed by atoms with Crippen molar-refractivity contribution in [2.75, 3.05) is 0 Å². The van der Waals surface area contributed by atoms with Gasteiger partial charge in [0, 0.05) is 17.3 Å². The van der Waals surface area contributed by atoms with Gasteiger partial charge in [0.2, 0.25) is 11.8 Å². The number of hydrogen-bond acceptors (Lipinski definition) is 4. The summed E-state index contributed by atoms with van der Waals surface area (Å²) in [5, 5.41) is 17.1. The number of benzene rings is 1. The van der Waals surface area contributed by atoms with Crippen molar-refractivity contribution in [2.45, 2.75) is 19.8 Å². The van der Waals surface area contributed by atoms with E-state index < -0.39 is 5.97 Å². The van der Waals surface area contributed by atoms with Gasteiger partial charge in [-0.05, 0) is 24.1 Å². The predicted octanol–water partition coefficient (Wildman–Crippen LogP) is 3.81. The van der Waals surface area contributed by atoms with Crippen LogP contribution in [0.25, 0.3) is 11.5 Å². The van der Waals surface area contributed by atoms with E-state index in [0.29, 0.717) is 28.8 Å². The Hall–Kier alpha value is -1.40. The zero-order chi connectivity index (χ0) is 14.7. The third-order valence-electron chi connectivity index (χ3n) is 2.67. The molecule has 2 aromatic rings. The molecule has 7 heteroatoms. The van der Waals surface area contributed by atoms with E-state index in [1.165, 1.54) is 0 Å². The Bertz CT molecular complexity index is 630. The highest BCUT2D eigenvalue weighted by atomic mass is 79.9. The van der Waals surface area contributed by atoms with Gasteiger partial charge < -0.3 is 9.52 Å². The predicted molar refractivity (Wildman–Crippen MR) is 77.6 cm³/mol. The van der Waals surface area contributed by atoms with Gasteiger partial charge >= 0.3 is 5.97 Å². The molecule has 1 atom stereocenters. The molecular weight excluding hydrogens is 348 g/mol. The average molecular weight is 360 g/mol. The highest BCUT2D eigenvalue weighted by Crippen LogP contribution is 2.30. The number of aliphatic carboxylic acids is 1. The zero-order valence-corrected chi connectivity index (χ0v) is 13.0. The molecule has 5 nitrogen and oxygen atoms in total. The van der Waals surface area contributed by atoms with E-state index in [4.69, 9.17) is 21.1 Å². The van der Waals surface area contributed by atoms with E-state index in [1.54, 1.807) is 12.1 Å². The molecule has 106 valence electrons. The molecule has 0 spiro atoms. The van der Waals surface area contributed by atoms with Crippen molar-refractivity contribution in [2.24, 2.45) is 5.92 Å². The van der Waals surface area contributed by atoms with Crippen molar-refractivity contribution in [1.82, 2.24) is 10.2 Å². The standard InChI is InChI=1S/C13H12BrClN2O3/c1-7(5-12(18)19)4-11-16-17-13(20-11)9-6-8(14)2-3-10(9)15/h2-3,6-7H,4-5H2,1H3,(H,18,19). The summed E-state index contributed by atoms with van der Waals surface area (Å²) in [6.45, 7) is 1.82. The maximum atomic E-state index is 10.6. The molecule has 0 radical (unpaired) electrons. The maximum Gasteiger partial charge on any atom is 0.303 e. The van der Waals surface area contributed by atoms with Gasteiger partial charge in [0.25, 0.3) is 0 Å². The number of aromatic nitrogens is 2. The van der Waals surface area contributed by atoms with Gasteiger partial charge in [0.05, 0.1) is 10.6 Å². The first-order valence-corrected chi connectivity index (χ1v) is 7.12. The van der Waals surface area contributed by atoms with Crippen LogP contribution in [0.15, 0.2) is 27.1 Å². The third kappa shape index (κ3) is 3.80. The molecule has 0 amide bonds. The lowest BCUT2D eigenvalue weighted by molar-refractivity contribution is -0.137. The second kappa shape index (κ2) is 6.37. The Labute approximate surface area is 129 Å². The number of nitrogens with zero attached hydrogens (tertiary/aromatic N) is 2.